The van der Waals surface area contributed by atoms with Gasteiger partial charge in [-0.05, 0) is 56.9 Å². The second-order valence-corrected chi connectivity index (χ2v) is 6.05. The molecule has 22 heavy (non-hydrogen) atoms. The molecule has 4 heteroatoms. The molecule has 1 heterocycles. The number of aryl methyl sites for hydroxylation is 3. The van der Waals surface area contributed by atoms with Gasteiger partial charge in [-0.3, -0.25) is 4.79 Å². The zero-order valence-electron chi connectivity index (χ0n) is 13.2. The minimum atomic E-state index is -0.172. The minimum absolute atomic E-state index is 0.172. The third kappa shape index (κ3) is 3.27. The highest BCUT2D eigenvalue weighted by Gasteiger charge is 2.21. The molecule has 0 radical (unpaired) electrons. The van der Waals surface area contributed by atoms with E-state index in [-0.39, 0.29) is 5.91 Å². The van der Waals surface area contributed by atoms with Crippen LogP contribution in [-0.2, 0) is 0 Å². The molecule has 0 saturated heterocycles. The summed E-state index contributed by atoms with van der Waals surface area (Å²) < 4.78 is 0. The van der Waals surface area contributed by atoms with Crippen LogP contribution in [0.2, 0.25) is 0 Å². The number of hydrogen-bond donors (Lipinski definition) is 2. The van der Waals surface area contributed by atoms with Gasteiger partial charge in [-0.15, -0.1) is 0 Å². The van der Waals surface area contributed by atoms with Crippen molar-refractivity contribution in [3.63, 3.8) is 0 Å². The number of amides is 1. The lowest BCUT2D eigenvalue weighted by Crippen LogP contribution is -2.16. The van der Waals surface area contributed by atoms with Gasteiger partial charge in [-0.25, -0.2) is 4.98 Å². The number of rotatable bonds is 4. The summed E-state index contributed by atoms with van der Waals surface area (Å²) in [5, 5.41) is 6.30. The van der Waals surface area contributed by atoms with Crippen LogP contribution in [0.4, 0.5) is 11.5 Å². The zero-order chi connectivity index (χ0) is 15.7. The number of benzene rings is 1. The Hall–Kier alpha value is -2.36. The molecular formula is C18H21N3O. The standard InChI is InChI=1S/C18H21N3O/c1-11-9-12(2)17(13(3)10-11)21-18(22)15-5-4-6-16(20-15)19-14-7-8-14/h4-6,9-10,14H,7-8H2,1-3H3,(H,19,20)(H,21,22). The predicted molar refractivity (Wildman–Crippen MR) is 89.5 cm³/mol. The van der Waals surface area contributed by atoms with Crippen LogP contribution >= 0.6 is 0 Å². The first kappa shape index (κ1) is 14.6. The maximum atomic E-state index is 12.5. The normalized spacial score (nSPS) is 13.8. The van der Waals surface area contributed by atoms with Crippen molar-refractivity contribution < 1.29 is 4.79 Å². The Morgan fingerprint density at radius 2 is 1.82 bits per heavy atom. The fourth-order valence-corrected chi connectivity index (χ4v) is 2.63. The van der Waals surface area contributed by atoms with Crippen LogP contribution < -0.4 is 10.6 Å². The Balaban J connectivity index is 1.79. The average molecular weight is 295 g/mol. The van der Waals surface area contributed by atoms with Gasteiger partial charge in [-0.1, -0.05) is 23.8 Å². The molecule has 0 spiro atoms. The molecule has 4 nitrogen and oxygen atoms in total. The molecule has 2 N–H and O–H groups in total. The second-order valence-electron chi connectivity index (χ2n) is 6.05. The van der Waals surface area contributed by atoms with Gasteiger partial charge >= 0.3 is 0 Å². The number of nitrogens with zero attached hydrogens (tertiary/aromatic N) is 1. The summed E-state index contributed by atoms with van der Waals surface area (Å²) in [5.41, 5.74) is 4.64. The number of nitrogens with one attached hydrogen (secondary N) is 2. The number of pyridine rings is 1. The molecule has 1 saturated carbocycles. The Morgan fingerprint density at radius 1 is 1.14 bits per heavy atom. The summed E-state index contributed by atoms with van der Waals surface area (Å²) in [4.78, 5) is 16.9. The quantitative estimate of drug-likeness (QED) is 0.901. The van der Waals surface area contributed by atoms with E-state index in [4.69, 9.17) is 0 Å². The number of anilines is 2. The summed E-state index contributed by atoms with van der Waals surface area (Å²) in [6.45, 7) is 6.07. The fourth-order valence-electron chi connectivity index (χ4n) is 2.63. The van der Waals surface area contributed by atoms with E-state index < -0.39 is 0 Å². The topological polar surface area (TPSA) is 54.0 Å². The third-order valence-corrected chi connectivity index (χ3v) is 3.83. The van der Waals surface area contributed by atoms with Gasteiger partial charge in [0.2, 0.25) is 0 Å². The molecule has 2 aromatic rings. The molecule has 1 amide bonds. The molecule has 0 unspecified atom stereocenters. The van der Waals surface area contributed by atoms with Crippen molar-refractivity contribution in [2.75, 3.05) is 10.6 Å². The van der Waals surface area contributed by atoms with E-state index in [0.29, 0.717) is 11.7 Å². The van der Waals surface area contributed by atoms with Gasteiger partial charge in [-0.2, -0.15) is 0 Å². The van der Waals surface area contributed by atoms with E-state index in [1.54, 1.807) is 6.07 Å². The van der Waals surface area contributed by atoms with Crippen molar-refractivity contribution in [1.82, 2.24) is 4.98 Å². The minimum Gasteiger partial charge on any atom is -0.367 e. The van der Waals surface area contributed by atoms with Gasteiger partial charge in [0.15, 0.2) is 0 Å². The van der Waals surface area contributed by atoms with Gasteiger partial charge in [0, 0.05) is 11.7 Å². The van der Waals surface area contributed by atoms with Gasteiger partial charge in [0.05, 0.1) is 0 Å². The SMILES string of the molecule is Cc1cc(C)c(NC(=O)c2cccc(NC3CC3)n2)c(C)c1. The zero-order valence-corrected chi connectivity index (χ0v) is 13.2. The van der Waals surface area contributed by atoms with Crippen molar-refractivity contribution in [3.8, 4) is 0 Å². The highest BCUT2D eigenvalue weighted by molar-refractivity contribution is 6.04. The Bertz CT molecular complexity index is 697. The van der Waals surface area contributed by atoms with Crippen molar-refractivity contribution in [2.45, 2.75) is 39.7 Å². The van der Waals surface area contributed by atoms with E-state index in [1.807, 2.05) is 26.0 Å². The Morgan fingerprint density at radius 3 is 2.45 bits per heavy atom. The highest BCUT2D eigenvalue weighted by Crippen LogP contribution is 2.24. The van der Waals surface area contributed by atoms with E-state index in [2.05, 4.69) is 34.7 Å². The van der Waals surface area contributed by atoms with Gasteiger partial charge in [0.25, 0.3) is 5.91 Å². The molecule has 1 aliphatic rings. The maximum Gasteiger partial charge on any atom is 0.274 e. The summed E-state index contributed by atoms with van der Waals surface area (Å²) in [6.07, 6.45) is 2.36. The van der Waals surface area contributed by atoms with Crippen LogP contribution in [0, 0.1) is 20.8 Å². The summed E-state index contributed by atoms with van der Waals surface area (Å²) in [6, 6.07) is 10.2. The van der Waals surface area contributed by atoms with Crippen molar-refractivity contribution in [2.24, 2.45) is 0 Å². The van der Waals surface area contributed by atoms with Crippen LogP contribution in [0.25, 0.3) is 0 Å². The van der Waals surface area contributed by atoms with Crippen molar-refractivity contribution in [3.05, 3.63) is 52.7 Å². The summed E-state index contributed by atoms with van der Waals surface area (Å²) >= 11 is 0. The molecule has 3 rings (SSSR count). The molecular weight excluding hydrogens is 274 g/mol. The van der Waals surface area contributed by atoms with Crippen LogP contribution in [0.15, 0.2) is 30.3 Å². The summed E-state index contributed by atoms with van der Waals surface area (Å²) in [7, 11) is 0. The number of carbonyl (C=O) groups is 1. The third-order valence-electron chi connectivity index (χ3n) is 3.83. The van der Waals surface area contributed by atoms with Crippen LogP contribution in [0.1, 0.15) is 40.0 Å². The van der Waals surface area contributed by atoms with Crippen LogP contribution in [-0.4, -0.2) is 16.9 Å². The molecule has 1 aromatic carbocycles. The monoisotopic (exact) mass is 295 g/mol. The second kappa shape index (κ2) is 5.79. The first-order valence-electron chi connectivity index (χ1n) is 7.66. The number of carbonyl (C=O) groups excluding carboxylic acids is 1. The van der Waals surface area contributed by atoms with E-state index in [1.165, 1.54) is 18.4 Å². The predicted octanol–water partition coefficient (Wildman–Crippen LogP) is 3.83. The van der Waals surface area contributed by atoms with Gasteiger partial charge < -0.3 is 10.6 Å². The first-order valence-corrected chi connectivity index (χ1v) is 7.66. The smallest absolute Gasteiger partial charge is 0.274 e. The van der Waals surface area contributed by atoms with Gasteiger partial charge in [0.1, 0.15) is 11.5 Å². The molecule has 114 valence electrons. The highest BCUT2D eigenvalue weighted by atomic mass is 16.1. The Labute approximate surface area is 131 Å². The number of hydrogen-bond acceptors (Lipinski definition) is 3. The van der Waals surface area contributed by atoms with Crippen LogP contribution in [0.5, 0.6) is 0 Å². The molecule has 0 bridgehead atoms. The first-order chi connectivity index (χ1) is 10.5. The molecule has 0 aliphatic heterocycles. The van der Waals surface area contributed by atoms with Crippen LogP contribution in [0.3, 0.4) is 0 Å². The number of aromatic nitrogens is 1. The lowest BCUT2D eigenvalue weighted by Gasteiger charge is -2.13. The maximum absolute atomic E-state index is 12.5. The van der Waals surface area contributed by atoms with E-state index in [0.717, 1.165) is 22.6 Å². The van der Waals surface area contributed by atoms with Crippen molar-refractivity contribution >= 4 is 17.4 Å². The Kier molecular flexibility index (Phi) is 3.84. The molecule has 1 aliphatic carbocycles. The molecule has 0 atom stereocenters. The summed E-state index contributed by atoms with van der Waals surface area (Å²) in [5.74, 6) is 0.599. The molecule has 1 fully saturated rings. The fraction of sp³-hybridized carbons (Fsp3) is 0.333. The molecule has 1 aromatic heterocycles. The lowest BCUT2D eigenvalue weighted by atomic mass is 10.0. The van der Waals surface area contributed by atoms with E-state index >= 15 is 0 Å². The largest absolute Gasteiger partial charge is 0.367 e. The van der Waals surface area contributed by atoms with Crippen molar-refractivity contribution in [1.29, 1.82) is 0 Å². The lowest BCUT2D eigenvalue weighted by molar-refractivity contribution is 0.102. The van der Waals surface area contributed by atoms with E-state index in [9.17, 15) is 4.79 Å². The average Bonchev–Trinajstić information content (AvgIpc) is 3.27.